The average molecular weight is 248 g/mol. The molecule has 0 spiro atoms. The van der Waals surface area contributed by atoms with Crippen LogP contribution in [0.1, 0.15) is 29.9 Å². The standard InChI is InChI=1S/C13H16N2O3/c1-7-5-8(14)6-10(18-2)12(7)9-3-4-11(16)15-13(9)17/h5-6,9H,3-4,14H2,1-2H3,(H,15,16,17). The van der Waals surface area contributed by atoms with Gasteiger partial charge in [0, 0.05) is 23.7 Å². The molecular weight excluding hydrogens is 232 g/mol. The maximum atomic E-state index is 11.9. The van der Waals surface area contributed by atoms with Gasteiger partial charge in [-0.15, -0.1) is 0 Å². The van der Waals surface area contributed by atoms with Crippen LogP contribution in [0.4, 0.5) is 5.69 Å². The zero-order valence-electron chi connectivity index (χ0n) is 10.4. The summed E-state index contributed by atoms with van der Waals surface area (Å²) in [6.45, 7) is 1.89. The van der Waals surface area contributed by atoms with E-state index in [0.717, 1.165) is 11.1 Å². The topological polar surface area (TPSA) is 81.4 Å². The van der Waals surface area contributed by atoms with Crippen LogP contribution in [-0.4, -0.2) is 18.9 Å². The van der Waals surface area contributed by atoms with Gasteiger partial charge in [0.1, 0.15) is 5.75 Å². The van der Waals surface area contributed by atoms with Crippen molar-refractivity contribution in [3.8, 4) is 5.75 Å². The number of benzene rings is 1. The number of aryl methyl sites for hydroxylation is 1. The lowest BCUT2D eigenvalue weighted by Gasteiger charge is -2.24. The third-order valence-electron chi connectivity index (χ3n) is 3.18. The molecule has 1 aromatic rings. The number of carbonyl (C=O) groups is 2. The lowest BCUT2D eigenvalue weighted by Crippen LogP contribution is -2.39. The average Bonchev–Trinajstić information content (AvgIpc) is 2.29. The molecule has 3 N–H and O–H groups in total. The molecule has 0 bridgehead atoms. The molecule has 0 saturated carbocycles. The molecule has 5 heteroatoms. The van der Waals surface area contributed by atoms with Crippen molar-refractivity contribution < 1.29 is 14.3 Å². The molecule has 1 fully saturated rings. The predicted molar refractivity (Wildman–Crippen MR) is 67.3 cm³/mol. The van der Waals surface area contributed by atoms with E-state index < -0.39 is 0 Å². The van der Waals surface area contributed by atoms with Crippen molar-refractivity contribution in [2.24, 2.45) is 0 Å². The fraction of sp³-hybridized carbons (Fsp3) is 0.385. The number of rotatable bonds is 2. The number of ether oxygens (including phenoxy) is 1. The maximum absolute atomic E-state index is 11.9. The lowest BCUT2D eigenvalue weighted by atomic mass is 9.87. The normalized spacial score (nSPS) is 19.6. The number of imide groups is 1. The van der Waals surface area contributed by atoms with E-state index in [-0.39, 0.29) is 17.7 Å². The van der Waals surface area contributed by atoms with Crippen LogP contribution >= 0.6 is 0 Å². The first-order valence-corrected chi connectivity index (χ1v) is 5.80. The number of nitrogens with two attached hydrogens (primary N) is 1. The van der Waals surface area contributed by atoms with E-state index in [1.165, 1.54) is 0 Å². The summed E-state index contributed by atoms with van der Waals surface area (Å²) in [5, 5.41) is 2.36. The Morgan fingerprint density at radius 2 is 2.11 bits per heavy atom. The Bertz CT molecular complexity index is 511. The molecular formula is C13H16N2O3. The summed E-state index contributed by atoms with van der Waals surface area (Å²) in [4.78, 5) is 23.1. The Morgan fingerprint density at radius 3 is 2.72 bits per heavy atom. The van der Waals surface area contributed by atoms with Crippen LogP contribution in [0.15, 0.2) is 12.1 Å². The van der Waals surface area contributed by atoms with Crippen LogP contribution in [-0.2, 0) is 9.59 Å². The number of nitrogens with one attached hydrogen (secondary N) is 1. The first kappa shape index (κ1) is 12.4. The Kier molecular flexibility index (Phi) is 3.23. The lowest BCUT2D eigenvalue weighted by molar-refractivity contribution is -0.134. The smallest absolute Gasteiger partial charge is 0.234 e. The molecule has 1 aromatic carbocycles. The Morgan fingerprint density at radius 1 is 1.39 bits per heavy atom. The summed E-state index contributed by atoms with van der Waals surface area (Å²) < 4.78 is 5.29. The first-order valence-electron chi connectivity index (χ1n) is 5.80. The van der Waals surface area contributed by atoms with Crippen molar-refractivity contribution in [1.29, 1.82) is 0 Å². The molecule has 5 nitrogen and oxygen atoms in total. The van der Waals surface area contributed by atoms with Gasteiger partial charge in [0.05, 0.1) is 13.0 Å². The number of hydrogen-bond acceptors (Lipinski definition) is 4. The molecule has 1 unspecified atom stereocenters. The zero-order chi connectivity index (χ0) is 13.3. The van der Waals surface area contributed by atoms with Gasteiger partial charge in [-0.25, -0.2) is 0 Å². The fourth-order valence-corrected chi connectivity index (χ4v) is 2.38. The number of piperidine rings is 1. The second-order valence-corrected chi connectivity index (χ2v) is 4.46. The van der Waals surface area contributed by atoms with E-state index in [9.17, 15) is 9.59 Å². The summed E-state index contributed by atoms with van der Waals surface area (Å²) in [6, 6.07) is 3.51. The molecule has 0 aliphatic carbocycles. The number of nitrogen functional groups attached to an aromatic ring is 1. The van der Waals surface area contributed by atoms with Gasteiger partial charge in [-0.3, -0.25) is 14.9 Å². The van der Waals surface area contributed by atoms with Crippen LogP contribution in [0.3, 0.4) is 0 Å². The highest BCUT2D eigenvalue weighted by molar-refractivity contribution is 6.01. The minimum atomic E-state index is -0.349. The van der Waals surface area contributed by atoms with Gasteiger partial charge < -0.3 is 10.5 Å². The highest BCUT2D eigenvalue weighted by Gasteiger charge is 2.31. The van der Waals surface area contributed by atoms with Crippen LogP contribution in [0.2, 0.25) is 0 Å². The molecule has 0 aromatic heterocycles. The number of anilines is 1. The van der Waals surface area contributed by atoms with Crippen molar-refractivity contribution in [3.05, 3.63) is 23.3 Å². The molecule has 1 aliphatic heterocycles. The van der Waals surface area contributed by atoms with Crippen molar-refractivity contribution in [3.63, 3.8) is 0 Å². The summed E-state index contributed by atoms with van der Waals surface area (Å²) in [6.07, 6.45) is 0.856. The van der Waals surface area contributed by atoms with Crippen molar-refractivity contribution in [1.82, 2.24) is 5.32 Å². The second kappa shape index (κ2) is 4.68. The number of amides is 2. The predicted octanol–water partition coefficient (Wildman–Crippen LogP) is 1.11. The van der Waals surface area contributed by atoms with Gasteiger partial charge in [0.2, 0.25) is 11.8 Å². The van der Waals surface area contributed by atoms with Gasteiger partial charge in [0.25, 0.3) is 0 Å². The number of carbonyl (C=O) groups excluding carboxylic acids is 2. The molecule has 2 amide bonds. The van der Waals surface area contributed by atoms with Crippen LogP contribution in [0.25, 0.3) is 0 Å². The Labute approximate surface area is 105 Å². The summed E-state index contributed by atoms with van der Waals surface area (Å²) in [7, 11) is 1.55. The molecule has 2 rings (SSSR count). The van der Waals surface area contributed by atoms with Crippen molar-refractivity contribution in [2.75, 3.05) is 12.8 Å². The quantitative estimate of drug-likeness (QED) is 0.606. The van der Waals surface area contributed by atoms with Crippen LogP contribution in [0.5, 0.6) is 5.75 Å². The van der Waals surface area contributed by atoms with E-state index in [1.54, 1.807) is 13.2 Å². The maximum Gasteiger partial charge on any atom is 0.234 e. The third-order valence-corrected chi connectivity index (χ3v) is 3.18. The Hall–Kier alpha value is -2.04. The highest BCUT2D eigenvalue weighted by atomic mass is 16.5. The number of hydrogen-bond donors (Lipinski definition) is 2. The summed E-state index contributed by atoms with van der Waals surface area (Å²) in [5.74, 6) is -0.235. The molecule has 1 saturated heterocycles. The summed E-state index contributed by atoms with van der Waals surface area (Å²) >= 11 is 0. The van der Waals surface area contributed by atoms with Crippen LogP contribution < -0.4 is 15.8 Å². The van der Waals surface area contributed by atoms with E-state index in [4.69, 9.17) is 10.5 Å². The molecule has 1 atom stereocenters. The first-order chi connectivity index (χ1) is 8.52. The summed E-state index contributed by atoms with van der Waals surface area (Å²) in [5.41, 5.74) is 8.07. The Balaban J connectivity index is 2.44. The van der Waals surface area contributed by atoms with E-state index in [0.29, 0.717) is 24.3 Å². The molecule has 1 aliphatic rings. The van der Waals surface area contributed by atoms with Gasteiger partial charge >= 0.3 is 0 Å². The minimum absolute atomic E-state index is 0.219. The van der Waals surface area contributed by atoms with E-state index >= 15 is 0 Å². The van der Waals surface area contributed by atoms with Crippen molar-refractivity contribution in [2.45, 2.75) is 25.7 Å². The molecule has 18 heavy (non-hydrogen) atoms. The fourth-order valence-electron chi connectivity index (χ4n) is 2.38. The van der Waals surface area contributed by atoms with Crippen LogP contribution in [0, 0.1) is 6.92 Å². The van der Waals surface area contributed by atoms with Crippen molar-refractivity contribution >= 4 is 17.5 Å². The monoisotopic (exact) mass is 248 g/mol. The molecule has 96 valence electrons. The van der Waals surface area contributed by atoms with Gasteiger partial charge in [0.15, 0.2) is 0 Å². The zero-order valence-corrected chi connectivity index (χ0v) is 10.4. The third kappa shape index (κ3) is 2.16. The van der Waals surface area contributed by atoms with Gasteiger partial charge in [-0.1, -0.05) is 0 Å². The SMILES string of the molecule is COc1cc(N)cc(C)c1C1CCC(=O)NC1=O. The molecule has 1 heterocycles. The minimum Gasteiger partial charge on any atom is -0.496 e. The van der Waals surface area contributed by atoms with E-state index in [1.807, 2.05) is 13.0 Å². The van der Waals surface area contributed by atoms with Gasteiger partial charge in [-0.05, 0) is 25.0 Å². The highest BCUT2D eigenvalue weighted by Crippen LogP contribution is 2.36. The molecule has 0 radical (unpaired) electrons. The van der Waals surface area contributed by atoms with Gasteiger partial charge in [-0.2, -0.15) is 0 Å². The number of methoxy groups -OCH3 is 1. The van der Waals surface area contributed by atoms with E-state index in [2.05, 4.69) is 5.32 Å². The second-order valence-electron chi connectivity index (χ2n) is 4.46. The largest absolute Gasteiger partial charge is 0.496 e.